The molecule has 0 fully saturated rings. The molecule has 0 radical (unpaired) electrons. The Morgan fingerprint density at radius 1 is 1.45 bits per heavy atom. The van der Waals surface area contributed by atoms with Crippen LogP contribution in [0.4, 0.5) is 11.5 Å². The molecule has 104 valence electrons. The van der Waals surface area contributed by atoms with Crippen LogP contribution in [0.25, 0.3) is 0 Å². The van der Waals surface area contributed by atoms with Crippen LogP contribution in [0.3, 0.4) is 0 Å². The molecule has 8 heteroatoms. The summed E-state index contributed by atoms with van der Waals surface area (Å²) in [5, 5.41) is 3.06. The van der Waals surface area contributed by atoms with Gasteiger partial charge in [0.25, 0.3) is 5.56 Å². The number of aromatic nitrogens is 2. The second-order valence-electron chi connectivity index (χ2n) is 3.82. The van der Waals surface area contributed by atoms with Crippen LogP contribution in [0.2, 0.25) is 0 Å². The molecule has 4 N–H and O–H groups in total. The molecule has 1 aromatic carbocycles. The van der Waals surface area contributed by atoms with Crippen molar-refractivity contribution in [3.8, 4) is 0 Å². The third-order valence-corrected chi connectivity index (χ3v) is 3.55. The molecule has 20 heavy (non-hydrogen) atoms. The number of rotatable bonds is 4. The number of hydrogen-bond acceptors (Lipinski definition) is 5. The molecule has 0 spiro atoms. The molecule has 0 unspecified atom stereocenters. The number of thioether (sulfide) groups is 1. The van der Waals surface area contributed by atoms with Crippen molar-refractivity contribution in [2.45, 2.75) is 5.16 Å². The number of hydrogen-bond donors (Lipinski definition) is 3. The standard InChI is InChI=1S/C12H11BrN4O2S/c13-7-2-1-3-8(4-7)15-11(19)6-20-12-16-9(14)5-10(18)17-12/h1-5H,6H2,(H,15,19)(H3,14,16,17,18). The van der Waals surface area contributed by atoms with Crippen molar-refractivity contribution in [1.29, 1.82) is 0 Å². The van der Waals surface area contributed by atoms with Crippen molar-refractivity contribution in [1.82, 2.24) is 9.97 Å². The maximum Gasteiger partial charge on any atom is 0.253 e. The van der Waals surface area contributed by atoms with E-state index < -0.39 is 0 Å². The van der Waals surface area contributed by atoms with Crippen LogP contribution in [-0.4, -0.2) is 21.6 Å². The lowest BCUT2D eigenvalue weighted by Crippen LogP contribution is -2.15. The van der Waals surface area contributed by atoms with Gasteiger partial charge in [-0.3, -0.25) is 9.59 Å². The number of aromatic amines is 1. The fourth-order valence-corrected chi connectivity index (χ4v) is 2.50. The smallest absolute Gasteiger partial charge is 0.253 e. The quantitative estimate of drug-likeness (QED) is 0.574. The van der Waals surface area contributed by atoms with Gasteiger partial charge in [0.1, 0.15) is 5.82 Å². The van der Waals surface area contributed by atoms with Gasteiger partial charge in [0.15, 0.2) is 5.16 Å². The second-order valence-corrected chi connectivity index (χ2v) is 5.70. The van der Waals surface area contributed by atoms with Gasteiger partial charge in [-0.05, 0) is 18.2 Å². The maximum absolute atomic E-state index is 11.8. The minimum absolute atomic E-state index is 0.124. The van der Waals surface area contributed by atoms with Crippen LogP contribution in [0.1, 0.15) is 0 Å². The Hall–Kier alpha value is -1.80. The van der Waals surface area contributed by atoms with Gasteiger partial charge in [-0.2, -0.15) is 0 Å². The number of H-pyrrole nitrogens is 1. The van der Waals surface area contributed by atoms with E-state index in [9.17, 15) is 9.59 Å². The largest absolute Gasteiger partial charge is 0.383 e. The number of amides is 1. The number of nitrogen functional groups attached to an aromatic ring is 1. The van der Waals surface area contributed by atoms with Crippen LogP contribution < -0.4 is 16.6 Å². The number of benzene rings is 1. The molecular weight excluding hydrogens is 344 g/mol. The first-order chi connectivity index (χ1) is 9.52. The van der Waals surface area contributed by atoms with E-state index in [4.69, 9.17) is 5.73 Å². The minimum atomic E-state index is -0.340. The van der Waals surface area contributed by atoms with Gasteiger partial charge in [0, 0.05) is 16.2 Å². The summed E-state index contributed by atoms with van der Waals surface area (Å²) in [6.07, 6.45) is 0. The monoisotopic (exact) mass is 354 g/mol. The molecule has 0 aliphatic rings. The van der Waals surface area contributed by atoms with Crippen LogP contribution >= 0.6 is 27.7 Å². The van der Waals surface area contributed by atoms with E-state index in [1.165, 1.54) is 6.07 Å². The Labute approximate surface area is 127 Å². The topological polar surface area (TPSA) is 101 Å². The number of nitrogens with two attached hydrogens (primary N) is 1. The zero-order valence-electron chi connectivity index (χ0n) is 10.2. The van der Waals surface area contributed by atoms with Crippen molar-refractivity contribution in [3.63, 3.8) is 0 Å². The molecular formula is C12H11BrN4O2S. The van der Waals surface area contributed by atoms with E-state index in [0.29, 0.717) is 10.8 Å². The van der Waals surface area contributed by atoms with Gasteiger partial charge in [-0.25, -0.2) is 4.98 Å². The molecule has 2 rings (SSSR count). The highest BCUT2D eigenvalue weighted by molar-refractivity contribution is 9.10. The molecule has 1 amide bonds. The minimum Gasteiger partial charge on any atom is -0.383 e. The van der Waals surface area contributed by atoms with Crippen LogP contribution in [0.5, 0.6) is 0 Å². The number of nitrogens with zero attached hydrogens (tertiary/aromatic N) is 1. The average Bonchev–Trinajstić information content (AvgIpc) is 2.35. The lowest BCUT2D eigenvalue weighted by atomic mass is 10.3. The molecule has 0 saturated carbocycles. The lowest BCUT2D eigenvalue weighted by molar-refractivity contribution is -0.113. The molecule has 0 atom stereocenters. The maximum atomic E-state index is 11.8. The van der Waals surface area contributed by atoms with Crippen molar-refractivity contribution in [2.24, 2.45) is 0 Å². The molecule has 1 heterocycles. The third kappa shape index (κ3) is 4.39. The zero-order valence-corrected chi connectivity index (χ0v) is 12.6. The Balaban J connectivity index is 1.93. The predicted molar refractivity (Wildman–Crippen MR) is 82.8 cm³/mol. The molecule has 1 aromatic heterocycles. The SMILES string of the molecule is Nc1cc(=O)[nH]c(SCC(=O)Nc2cccc(Br)c2)n1. The van der Waals surface area contributed by atoms with Crippen LogP contribution in [0.15, 0.2) is 44.8 Å². The highest BCUT2D eigenvalue weighted by Crippen LogP contribution is 2.17. The Morgan fingerprint density at radius 3 is 2.95 bits per heavy atom. The van der Waals surface area contributed by atoms with Gasteiger partial charge in [0.05, 0.1) is 5.75 Å². The number of halogens is 1. The molecule has 6 nitrogen and oxygen atoms in total. The van der Waals surface area contributed by atoms with E-state index >= 15 is 0 Å². The highest BCUT2D eigenvalue weighted by Gasteiger charge is 2.06. The molecule has 0 bridgehead atoms. The first-order valence-corrected chi connectivity index (χ1v) is 7.36. The highest BCUT2D eigenvalue weighted by atomic mass is 79.9. The van der Waals surface area contributed by atoms with Crippen molar-refractivity contribution in [2.75, 3.05) is 16.8 Å². The van der Waals surface area contributed by atoms with Crippen LogP contribution in [0, 0.1) is 0 Å². The number of carbonyl (C=O) groups is 1. The van der Waals surface area contributed by atoms with E-state index in [1.807, 2.05) is 12.1 Å². The van der Waals surface area contributed by atoms with E-state index in [1.54, 1.807) is 12.1 Å². The molecule has 2 aromatic rings. The fraction of sp³-hybridized carbons (Fsp3) is 0.0833. The van der Waals surface area contributed by atoms with E-state index in [-0.39, 0.29) is 23.0 Å². The molecule has 0 aliphatic carbocycles. The summed E-state index contributed by atoms with van der Waals surface area (Å²) in [6, 6.07) is 8.46. The first kappa shape index (κ1) is 14.6. The van der Waals surface area contributed by atoms with E-state index in [2.05, 4.69) is 31.2 Å². The summed E-state index contributed by atoms with van der Waals surface area (Å²) in [5.41, 5.74) is 5.81. The molecule has 0 saturated heterocycles. The lowest BCUT2D eigenvalue weighted by Gasteiger charge is -2.05. The first-order valence-electron chi connectivity index (χ1n) is 5.58. The Bertz CT molecular complexity index is 689. The predicted octanol–water partition coefficient (Wildman–Crippen LogP) is 1.85. The summed E-state index contributed by atoms with van der Waals surface area (Å²) in [5.74, 6) is 0.0562. The number of carbonyl (C=O) groups excluding carboxylic acids is 1. The summed E-state index contributed by atoms with van der Waals surface area (Å²) in [7, 11) is 0. The zero-order chi connectivity index (χ0) is 14.5. The summed E-state index contributed by atoms with van der Waals surface area (Å²) in [4.78, 5) is 29.4. The van der Waals surface area contributed by atoms with Gasteiger partial charge < -0.3 is 16.0 Å². The van der Waals surface area contributed by atoms with Gasteiger partial charge in [-0.15, -0.1) is 0 Å². The summed E-state index contributed by atoms with van der Waals surface area (Å²) >= 11 is 4.43. The second kappa shape index (κ2) is 6.58. The van der Waals surface area contributed by atoms with Crippen LogP contribution in [-0.2, 0) is 4.79 Å². The van der Waals surface area contributed by atoms with Gasteiger partial charge in [0.2, 0.25) is 5.91 Å². The van der Waals surface area contributed by atoms with Gasteiger partial charge >= 0.3 is 0 Å². The number of nitrogens with one attached hydrogen (secondary N) is 2. The van der Waals surface area contributed by atoms with Crippen molar-refractivity contribution >= 4 is 45.1 Å². The molecule has 0 aliphatic heterocycles. The number of anilines is 2. The average molecular weight is 355 g/mol. The van der Waals surface area contributed by atoms with Crippen molar-refractivity contribution < 1.29 is 4.79 Å². The normalized spacial score (nSPS) is 10.2. The van der Waals surface area contributed by atoms with Gasteiger partial charge in [-0.1, -0.05) is 33.8 Å². The van der Waals surface area contributed by atoms with E-state index in [0.717, 1.165) is 16.2 Å². The van der Waals surface area contributed by atoms with Crippen molar-refractivity contribution in [3.05, 3.63) is 45.2 Å². The third-order valence-electron chi connectivity index (χ3n) is 2.19. The fourth-order valence-electron chi connectivity index (χ4n) is 1.42. The Kier molecular flexibility index (Phi) is 4.80. The summed E-state index contributed by atoms with van der Waals surface area (Å²) in [6.45, 7) is 0. The Morgan fingerprint density at radius 2 is 2.25 bits per heavy atom. The summed E-state index contributed by atoms with van der Waals surface area (Å²) < 4.78 is 0.879.